The van der Waals surface area contributed by atoms with E-state index in [0.29, 0.717) is 0 Å². The van der Waals surface area contributed by atoms with Crippen LogP contribution in [0.5, 0.6) is 0 Å². The normalized spacial score (nSPS) is 14.8. The molecule has 1 aliphatic carbocycles. The van der Waals surface area contributed by atoms with E-state index in [-0.39, 0.29) is 0 Å². The maximum atomic E-state index is 4.63. The Hall–Kier alpha value is -2.45. The summed E-state index contributed by atoms with van der Waals surface area (Å²) in [5, 5.41) is 10.6. The number of fused-ring (bicyclic) bond motifs is 6. The van der Waals surface area contributed by atoms with Crippen LogP contribution in [0.1, 0.15) is 29.7 Å². The van der Waals surface area contributed by atoms with Gasteiger partial charge in [0, 0.05) is 10.3 Å². The summed E-state index contributed by atoms with van der Waals surface area (Å²) in [4.78, 5) is 16.4. The van der Waals surface area contributed by atoms with Gasteiger partial charge in [0.1, 0.15) is 16.2 Å². The van der Waals surface area contributed by atoms with Crippen molar-refractivity contribution in [1.29, 1.82) is 0 Å². The number of aromatic nitrogens is 6. The van der Waals surface area contributed by atoms with Gasteiger partial charge in [-0.25, -0.2) is 20.1 Å². The lowest BCUT2D eigenvalue weighted by molar-refractivity contribution is 0.713. The molecule has 1 aliphatic rings. The first-order chi connectivity index (χ1) is 13.4. The van der Waals surface area contributed by atoms with Gasteiger partial charge in [0.05, 0.1) is 11.0 Å². The lowest BCUT2D eigenvalue weighted by Gasteiger charge is -2.04. The number of H-pyrrole nitrogens is 1. The second-order valence-electron chi connectivity index (χ2n) is 6.79. The number of rotatable bonds is 2. The molecule has 0 atom stereocenters. The highest BCUT2D eigenvalue weighted by atomic mass is 32.2. The molecule has 4 heterocycles. The van der Waals surface area contributed by atoms with Crippen molar-refractivity contribution in [3.63, 3.8) is 0 Å². The molecular weight excluding hydrogens is 376 g/mol. The van der Waals surface area contributed by atoms with E-state index in [4.69, 9.17) is 0 Å². The Morgan fingerprint density at radius 2 is 2.00 bits per heavy atom. The average molecular weight is 393 g/mol. The number of nitrogens with one attached hydrogen (secondary N) is 1. The predicted molar refractivity (Wildman–Crippen MR) is 108 cm³/mol. The van der Waals surface area contributed by atoms with E-state index in [1.165, 1.54) is 41.5 Å². The highest BCUT2D eigenvalue weighted by Gasteiger charge is 2.21. The quantitative estimate of drug-likeness (QED) is 0.350. The number of para-hydroxylation sites is 2. The molecule has 0 spiro atoms. The van der Waals surface area contributed by atoms with Gasteiger partial charge in [0.25, 0.3) is 0 Å². The van der Waals surface area contributed by atoms with Gasteiger partial charge in [0.15, 0.2) is 0 Å². The molecule has 4 aromatic heterocycles. The number of imidazole rings is 1. The van der Waals surface area contributed by atoms with Crippen molar-refractivity contribution in [2.45, 2.75) is 42.3 Å². The lowest BCUT2D eigenvalue weighted by Crippen LogP contribution is -1.91. The first-order valence-corrected chi connectivity index (χ1v) is 10.8. The van der Waals surface area contributed by atoms with Gasteiger partial charge in [-0.3, -0.25) is 4.40 Å². The van der Waals surface area contributed by atoms with E-state index >= 15 is 0 Å². The van der Waals surface area contributed by atoms with Crippen LogP contribution < -0.4 is 0 Å². The van der Waals surface area contributed by atoms with Gasteiger partial charge in [-0.05, 0) is 55.1 Å². The van der Waals surface area contributed by atoms with Gasteiger partial charge in [-0.15, -0.1) is 16.4 Å². The van der Waals surface area contributed by atoms with Crippen molar-refractivity contribution in [1.82, 2.24) is 29.5 Å². The number of hydrogen-bond acceptors (Lipinski definition) is 6. The summed E-state index contributed by atoms with van der Waals surface area (Å²) in [6.07, 6.45) is 7.79. The Kier molecular flexibility index (Phi) is 3.48. The van der Waals surface area contributed by atoms with Crippen LogP contribution in [0.3, 0.4) is 0 Å². The Morgan fingerprint density at radius 1 is 1.07 bits per heavy atom. The molecule has 0 saturated heterocycles. The van der Waals surface area contributed by atoms with E-state index in [2.05, 4.69) is 35.6 Å². The third-order valence-corrected chi connectivity index (χ3v) is 7.32. The third kappa shape index (κ3) is 2.40. The van der Waals surface area contributed by atoms with Crippen molar-refractivity contribution in [2.24, 2.45) is 0 Å². The fraction of sp³-hybridized carbons (Fsp3) is 0.263. The number of aromatic amines is 1. The van der Waals surface area contributed by atoms with Gasteiger partial charge in [0.2, 0.25) is 10.9 Å². The highest BCUT2D eigenvalue weighted by molar-refractivity contribution is 7.99. The maximum absolute atomic E-state index is 4.63. The Bertz CT molecular complexity index is 1300. The second kappa shape index (κ2) is 6.03. The summed E-state index contributed by atoms with van der Waals surface area (Å²) >= 11 is 3.43. The molecule has 6 rings (SSSR count). The molecule has 1 aromatic carbocycles. The zero-order valence-electron chi connectivity index (χ0n) is 14.5. The zero-order chi connectivity index (χ0) is 17.8. The van der Waals surface area contributed by atoms with Gasteiger partial charge >= 0.3 is 0 Å². The minimum atomic E-state index is 0.758. The number of benzene rings is 1. The van der Waals surface area contributed by atoms with E-state index < -0.39 is 0 Å². The van der Waals surface area contributed by atoms with Crippen LogP contribution in [-0.4, -0.2) is 29.5 Å². The molecule has 0 amide bonds. The molecule has 1 N–H and O–H groups in total. The summed E-state index contributed by atoms with van der Waals surface area (Å²) in [7, 11) is 0. The molecule has 134 valence electrons. The van der Waals surface area contributed by atoms with E-state index in [0.717, 1.165) is 38.2 Å². The molecule has 8 heteroatoms. The molecule has 5 aromatic rings. The summed E-state index contributed by atoms with van der Waals surface area (Å²) in [5.74, 6) is 0.758. The first-order valence-electron chi connectivity index (χ1n) is 9.13. The molecule has 0 aliphatic heterocycles. The number of hydrogen-bond donors (Lipinski definition) is 1. The Morgan fingerprint density at radius 3 is 3.00 bits per heavy atom. The molecule has 0 fully saturated rings. The molecule has 0 unspecified atom stereocenters. The second-order valence-corrected chi connectivity index (χ2v) is 8.83. The van der Waals surface area contributed by atoms with Crippen molar-refractivity contribution >= 4 is 50.1 Å². The largest absolute Gasteiger partial charge is 0.254 e. The van der Waals surface area contributed by atoms with E-state index in [9.17, 15) is 0 Å². The molecule has 6 nitrogen and oxygen atoms in total. The maximum Gasteiger partial charge on any atom is 0.231 e. The summed E-state index contributed by atoms with van der Waals surface area (Å²) in [5.41, 5.74) is 3.47. The van der Waals surface area contributed by atoms with Crippen LogP contribution in [0, 0.1) is 0 Å². The summed E-state index contributed by atoms with van der Waals surface area (Å²) in [6, 6.07) is 8.12. The molecular formula is C19H16N6S2. The third-order valence-electron chi connectivity index (χ3n) is 5.16. The Labute approximate surface area is 163 Å². The van der Waals surface area contributed by atoms with Crippen LogP contribution in [0.2, 0.25) is 0 Å². The minimum absolute atomic E-state index is 0.758. The lowest BCUT2D eigenvalue weighted by atomic mass is 10.1. The molecule has 0 bridgehead atoms. The van der Waals surface area contributed by atoms with Crippen LogP contribution in [-0.2, 0) is 12.8 Å². The predicted octanol–water partition coefficient (Wildman–Crippen LogP) is 4.64. The van der Waals surface area contributed by atoms with Crippen molar-refractivity contribution in [2.75, 3.05) is 0 Å². The minimum Gasteiger partial charge on any atom is -0.254 e. The first kappa shape index (κ1) is 15.6. The standard InChI is InChI=1S/C19H16N6S2/c1-2-6-11-14(9-3-1)26-16-15(11)17(21-10-20-16)27-19-24-23-18-22-12-7-4-5-8-13(12)25(18)19/h4-5,7-8,10H,1-3,6,9H2,(H,22,23). The highest BCUT2D eigenvalue weighted by Crippen LogP contribution is 2.40. The van der Waals surface area contributed by atoms with Gasteiger partial charge < -0.3 is 0 Å². The average Bonchev–Trinajstić information content (AvgIpc) is 3.30. The number of nitrogens with zero attached hydrogens (tertiary/aromatic N) is 5. The molecule has 0 radical (unpaired) electrons. The smallest absolute Gasteiger partial charge is 0.231 e. The monoisotopic (exact) mass is 392 g/mol. The van der Waals surface area contributed by atoms with Crippen molar-refractivity contribution in [3.8, 4) is 0 Å². The van der Waals surface area contributed by atoms with E-state index in [1.54, 1.807) is 18.1 Å². The van der Waals surface area contributed by atoms with Crippen LogP contribution >= 0.6 is 23.1 Å². The fourth-order valence-corrected chi connectivity index (χ4v) is 6.17. The van der Waals surface area contributed by atoms with Crippen LogP contribution in [0.4, 0.5) is 0 Å². The number of thiophene rings is 1. The van der Waals surface area contributed by atoms with E-state index in [1.807, 2.05) is 29.5 Å². The van der Waals surface area contributed by atoms with Gasteiger partial charge in [-0.2, -0.15) is 0 Å². The van der Waals surface area contributed by atoms with Crippen molar-refractivity contribution < 1.29 is 0 Å². The van der Waals surface area contributed by atoms with Gasteiger partial charge in [-0.1, -0.05) is 18.6 Å². The SMILES string of the molecule is c1ccc2c(c1)nc1[nH]nc(Sc3ncnc4sc5c(c34)CCCCC5)n12. The number of aryl methyl sites for hydroxylation is 2. The fourth-order valence-electron chi connectivity index (χ4n) is 3.91. The van der Waals surface area contributed by atoms with Crippen molar-refractivity contribution in [3.05, 3.63) is 41.0 Å². The van der Waals surface area contributed by atoms with Crippen LogP contribution in [0.15, 0.2) is 40.8 Å². The topological polar surface area (TPSA) is 71.8 Å². The Balaban J connectivity index is 1.53. The van der Waals surface area contributed by atoms with Crippen LogP contribution in [0.25, 0.3) is 27.0 Å². The molecule has 0 saturated carbocycles. The summed E-state index contributed by atoms with van der Waals surface area (Å²) < 4.78 is 2.07. The zero-order valence-corrected chi connectivity index (χ0v) is 16.1. The summed E-state index contributed by atoms with van der Waals surface area (Å²) in [6.45, 7) is 0. The molecule has 27 heavy (non-hydrogen) atoms.